The number of aromatic nitrogens is 4. The van der Waals surface area contributed by atoms with E-state index in [1.54, 1.807) is 23.4 Å². The summed E-state index contributed by atoms with van der Waals surface area (Å²) < 4.78 is 5.30. The van der Waals surface area contributed by atoms with E-state index in [1.807, 2.05) is 6.07 Å². The average Bonchev–Trinajstić information content (AvgIpc) is 2.75. The highest BCUT2D eigenvalue weighted by Crippen LogP contribution is 2.17. The standard InChI is InChI=1S/C17H21N7O2/c25-16(23-8-10-26-11-9-23)14-12-15(21-13-20-14)22-4-6-24(7-5-22)17-18-2-1-3-19-17/h1-3,12-13H,4-11H2. The largest absolute Gasteiger partial charge is 0.378 e. The number of hydrogen-bond acceptors (Lipinski definition) is 8. The Hall–Kier alpha value is -2.81. The van der Waals surface area contributed by atoms with E-state index in [0.29, 0.717) is 32.0 Å². The van der Waals surface area contributed by atoms with E-state index in [4.69, 9.17) is 4.74 Å². The van der Waals surface area contributed by atoms with Crippen molar-refractivity contribution in [3.05, 3.63) is 36.5 Å². The Bertz CT molecular complexity index is 744. The van der Waals surface area contributed by atoms with E-state index < -0.39 is 0 Å². The summed E-state index contributed by atoms with van der Waals surface area (Å²) in [6.45, 7) is 5.56. The van der Waals surface area contributed by atoms with Crippen molar-refractivity contribution in [2.24, 2.45) is 0 Å². The molecule has 0 N–H and O–H groups in total. The van der Waals surface area contributed by atoms with Crippen molar-refractivity contribution in [3.63, 3.8) is 0 Å². The molecule has 0 unspecified atom stereocenters. The fraction of sp³-hybridized carbons (Fsp3) is 0.471. The number of nitrogens with zero attached hydrogens (tertiary/aromatic N) is 7. The molecular weight excluding hydrogens is 334 g/mol. The van der Waals surface area contributed by atoms with Crippen LogP contribution < -0.4 is 9.80 Å². The summed E-state index contributed by atoms with van der Waals surface area (Å²) in [5, 5.41) is 0. The molecule has 0 radical (unpaired) electrons. The molecule has 4 heterocycles. The van der Waals surface area contributed by atoms with Gasteiger partial charge in [0.25, 0.3) is 5.91 Å². The van der Waals surface area contributed by atoms with E-state index in [2.05, 4.69) is 29.7 Å². The first-order valence-electron chi connectivity index (χ1n) is 8.77. The topological polar surface area (TPSA) is 87.6 Å². The van der Waals surface area contributed by atoms with Gasteiger partial charge >= 0.3 is 0 Å². The molecule has 136 valence electrons. The van der Waals surface area contributed by atoms with Gasteiger partial charge in [-0.25, -0.2) is 19.9 Å². The van der Waals surface area contributed by atoms with E-state index in [1.165, 1.54) is 6.33 Å². The van der Waals surface area contributed by atoms with Crippen molar-refractivity contribution in [1.82, 2.24) is 24.8 Å². The monoisotopic (exact) mass is 355 g/mol. The second-order valence-corrected chi connectivity index (χ2v) is 6.19. The Morgan fingerprint density at radius 1 is 0.885 bits per heavy atom. The Balaban J connectivity index is 1.42. The number of piperazine rings is 1. The average molecular weight is 355 g/mol. The lowest BCUT2D eigenvalue weighted by Gasteiger charge is -2.35. The summed E-state index contributed by atoms with van der Waals surface area (Å²) in [5.41, 5.74) is 0.436. The van der Waals surface area contributed by atoms with Gasteiger partial charge in [0.05, 0.1) is 13.2 Å². The summed E-state index contributed by atoms with van der Waals surface area (Å²) in [4.78, 5) is 35.8. The number of hydrogen-bond donors (Lipinski definition) is 0. The van der Waals surface area contributed by atoms with Gasteiger partial charge in [0.15, 0.2) is 0 Å². The zero-order valence-electron chi connectivity index (χ0n) is 14.5. The fourth-order valence-electron chi connectivity index (χ4n) is 3.16. The van der Waals surface area contributed by atoms with E-state index >= 15 is 0 Å². The number of carbonyl (C=O) groups excluding carboxylic acids is 1. The predicted molar refractivity (Wildman–Crippen MR) is 95.2 cm³/mol. The third-order valence-electron chi connectivity index (χ3n) is 4.61. The SMILES string of the molecule is O=C(c1cc(N2CCN(c3ncccn3)CC2)ncn1)N1CCOCC1. The zero-order chi connectivity index (χ0) is 17.8. The molecule has 4 rings (SSSR count). The van der Waals surface area contributed by atoms with Crippen molar-refractivity contribution in [2.75, 3.05) is 62.3 Å². The quantitative estimate of drug-likeness (QED) is 0.764. The first kappa shape index (κ1) is 16.6. The molecule has 2 saturated heterocycles. The lowest BCUT2D eigenvalue weighted by Crippen LogP contribution is -2.47. The molecule has 0 atom stereocenters. The number of rotatable bonds is 3. The van der Waals surface area contributed by atoms with Crippen LogP contribution in [-0.4, -0.2) is 83.2 Å². The normalized spacial score (nSPS) is 18.1. The van der Waals surface area contributed by atoms with Crippen LogP contribution in [0.1, 0.15) is 10.5 Å². The van der Waals surface area contributed by atoms with Crippen LogP contribution in [0.5, 0.6) is 0 Å². The number of ether oxygens (including phenoxy) is 1. The summed E-state index contributed by atoms with van der Waals surface area (Å²) in [6.07, 6.45) is 4.97. The third kappa shape index (κ3) is 3.57. The van der Waals surface area contributed by atoms with Crippen molar-refractivity contribution >= 4 is 17.7 Å². The first-order valence-corrected chi connectivity index (χ1v) is 8.77. The molecule has 0 aliphatic carbocycles. The zero-order valence-corrected chi connectivity index (χ0v) is 14.5. The second-order valence-electron chi connectivity index (χ2n) is 6.19. The molecule has 2 aliphatic rings. The molecule has 2 fully saturated rings. The molecule has 2 aromatic rings. The van der Waals surface area contributed by atoms with Gasteiger partial charge < -0.3 is 19.4 Å². The van der Waals surface area contributed by atoms with Crippen molar-refractivity contribution in [2.45, 2.75) is 0 Å². The Morgan fingerprint density at radius 2 is 1.58 bits per heavy atom. The fourth-order valence-corrected chi connectivity index (χ4v) is 3.16. The molecule has 26 heavy (non-hydrogen) atoms. The molecular formula is C17H21N7O2. The van der Waals surface area contributed by atoms with Crippen LogP contribution >= 0.6 is 0 Å². The van der Waals surface area contributed by atoms with E-state index in [9.17, 15) is 4.79 Å². The van der Waals surface area contributed by atoms with Crippen LogP contribution in [0, 0.1) is 0 Å². The Labute approximate surface area is 151 Å². The molecule has 9 heteroatoms. The maximum atomic E-state index is 12.6. The number of morpholine rings is 1. The van der Waals surface area contributed by atoms with Crippen LogP contribution in [0.2, 0.25) is 0 Å². The highest BCUT2D eigenvalue weighted by molar-refractivity contribution is 5.93. The smallest absolute Gasteiger partial charge is 0.272 e. The highest BCUT2D eigenvalue weighted by atomic mass is 16.5. The molecule has 0 saturated carbocycles. The first-order chi connectivity index (χ1) is 12.8. The number of carbonyl (C=O) groups is 1. The van der Waals surface area contributed by atoms with Crippen molar-refractivity contribution < 1.29 is 9.53 Å². The second kappa shape index (κ2) is 7.61. The summed E-state index contributed by atoms with van der Waals surface area (Å²) >= 11 is 0. The maximum absolute atomic E-state index is 12.6. The van der Waals surface area contributed by atoms with Gasteiger partial charge in [-0.15, -0.1) is 0 Å². The van der Waals surface area contributed by atoms with Gasteiger partial charge in [-0.05, 0) is 6.07 Å². The molecule has 9 nitrogen and oxygen atoms in total. The molecule has 0 spiro atoms. The van der Waals surface area contributed by atoms with E-state index in [0.717, 1.165) is 37.9 Å². The van der Waals surface area contributed by atoms with Gasteiger partial charge in [0.1, 0.15) is 17.8 Å². The minimum atomic E-state index is -0.0618. The molecule has 0 bridgehead atoms. The molecule has 2 aliphatic heterocycles. The minimum absolute atomic E-state index is 0.0618. The lowest BCUT2D eigenvalue weighted by atomic mass is 10.2. The van der Waals surface area contributed by atoms with Gasteiger partial charge in [0, 0.05) is 57.7 Å². The van der Waals surface area contributed by atoms with Crippen LogP contribution in [0.15, 0.2) is 30.9 Å². The number of anilines is 2. The van der Waals surface area contributed by atoms with Gasteiger partial charge in [-0.1, -0.05) is 0 Å². The van der Waals surface area contributed by atoms with Crippen LogP contribution in [-0.2, 0) is 4.74 Å². The molecule has 2 aromatic heterocycles. The van der Waals surface area contributed by atoms with Gasteiger partial charge in [-0.2, -0.15) is 0 Å². The summed E-state index contributed by atoms with van der Waals surface area (Å²) in [6, 6.07) is 3.60. The van der Waals surface area contributed by atoms with Crippen molar-refractivity contribution in [3.8, 4) is 0 Å². The van der Waals surface area contributed by atoms with Crippen molar-refractivity contribution in [1.29, 1.82) is 0 Å². The summed E-state index contributed by atoms with van der Waals surface area (Å²) in [7, 11) is 0. The molecule has 1 amide bonds. The minimum Gasteiger partial charge on any atom is -0.378 e. The van der Waals surface area contributed by atoms with E-state index in [-0.39, 0.29) is 5.91 Å². The Kier molecular flexibility index (Phi) is 4.87. The highest BCUT2D eigenvalue weighted by Gasteiger charge is 2.23. The lowest BCUT2D eigenvalue weighted by molar-refractivity contribution is 0.0299. The third-order valence-corrected chi connectivity index (χ3v) is 4.61. The Morgan fingerprint density at radius 3 is 2.31 bits per heavy atom. The van der Waals surface area contributed by atoms with Crippen LogP contribution in [0.4, 0.5) is 11.8 Å². The maximum Gasteiger partial charge on any atom is 0.272 e. The van der Waals surface area contributed by atoms with Gasteiger partial charge in [-0.3, -0.25) is 4.79 Å². The van der Waals surface area contributed by atoms with Crippen LogP contribution in [0.3, 0.4) is 0 Å². The number of amides is 1. The summed E-state index contributed by atoms with van der Waals surface area (Å²) in [5.74, 6) is 1.47. The predicted octanol–water partition coefficient (Wildman–Crippen LogP) is 0.0656. The molecule has 0 aromatic carbocycles. The van der Waals surface area contributed by atoms with Gasteiger partial charge in [0.2, 0.25) is 5.95 Å². The van der Waals surface area contributed by atoms with Crippen LogP contribution in [0.25, 0.3) is 0 Å².